The molecule has 2 aromatic carbocycles. The van der Waals surface area contributed by atoms with Crippen LogP contribution in [0.25, 0.3) is 22.3 Å². The summed E-state index contributed by atoms with van der Waals surface area (Å²) in [6, 6.07) is 15.5. The van der Waals surface area contributed by atoms with Crippen LogP contribution in [0.15, 0.2) is 76.4 Å². The molecular weight excluding hydrogens is 739 g/mol. The van der Waals surface area contributed by atoms with Gasteiger partial charge >= 0.3 is 12.2 Å². The minimum atomic E-state index is -0.860. The van der Waals surface area contributed by atoms with Crippen LogP contribution in [0.1, 0.15) is 70.4 Å². The summed E-state index contributed by atoms with van der Waals surface area (Å²) in [6.45, 7) is 7.93. The molecule has 0 unspecified atom stereocenters. The Labute approximate surface area is 340 Å². The highest BCUT2D eigenvalue weighted by Gasteiger charge is 2.42. The molecule has 2 aromatic rings. The number of carbonyl (C=O) groups is 4. The normalized spacial score (nSPS) is 21.8. The number of nitrogens with one attached hydrogen (secondary N) is 2. The average molecular weight is 794 g/mol. The molecule has 1 aliphatic carbocycles. The van der Waals surface area contributed by atoms with Crippen LogP contribution in [0.5, 0.6) is 0 Å². The molecule has 0 aromatic heterocycles. The van der Waals surface area contributed by atoms with Crippen LogP contribution in [0.4, 0.5) is 9.59 Å². The maximum atomic E-state index is 13.9. The lowest BCUT2D eigenvalue weighted by Crippen LogP contribution is -2.55. The number of benzene rings is 2. The van der Waals surface area contributed by atoms with E-state index in [0.717, 1.165) is 65.6 Å². The second-order valence-electron chi connectivity index (χ2n) is 16.0. The molecule has 7 rings (SSSR count). The van der Waals surface area contributed by atoms with Crippen molar-refractivity contribution in [1.82, 2.24) is 20.4 Å². The molecule has 4 aliphatic heterocycles. The Morgan fingerprint density at radius 2 is 1.22 bits per heavy atom. The number of nitrogens with zero attached hydrogens (tertiary/aromatic N) is 3. The SMILES string of the molecule is COC(=O)N[C@H](C(=O)N1CCC[C@H]1C1=NC=C(c2ccc(-c3ccc(C4=C5COCC5=C([C@H]5CCCN5C(=O)[C@@H](NC(=O)OC)[C@@H](C)OC)C4)cc3)cc2)C1)C(C)C. The van der Waals surface area contributed by atoms with Gasteiger partial charge < -0.3 is 39.4 Å². The summed E-state index contributed by atoms with van der Waals surface area (Å²) in [6.07, 6.45) is 5.00. The van der Waals surface area contributed by atoms with Gasteiger partial charge in [0.2, 0.25) is 11.8 Å². The van der Waals surface area contributed by atoms with Gasteiger partial charge in [-0.25, -0.2) is 9.59 Å². The lowest BCUT2D eigenvalue weighted by Gasteiger charge is -2.32. The molecular formula is C45H55N5O8. The van der Waals surface area contributed by atoms with E-state index in [4.69, 9.17) is 23.9 Å². The lowest BCUT2D eigenvalue weighted by molar-refractivity contribution is -0.137. The second-order valence-corrected chi connectivity index (χ2v) is 16.0. The van der Waals surface area contributed by atoms with Crippen molar-refractivity contribution < 1.29 is 38.1 Å². The summed E-state index contributed by atoms with van der Waals surface area (Å²) in [5.74, 6) is -0.356. The number of hydrogen-bond acceptors (Lipinski definition) is 9. The Morgan fingerprint density at radius 1 is 0.690 bits per heavy atom. The van der Waals surface area contributed by atoms with Gasteiger partial charge in [-0.2, -0.15) is 0 Å². The van der Waals surface area contributed by atoms with Crippen LogP contribution in [-0.2, 0) is 28.5 Å². The third-order valence-electron chi connectivity index (χ3n) is 12.4. The van der Waals surface area contributed by atoms with E-state index in [1.165, 1.54) is 43.6 Å². The van der Waals surface area contributed by atoms with Gasteiger partial charge in [-0.05, 0) is 95.1 Å². The molecule has 13 heteroatoms. The van der Waals surface area contributed by atoms with Crippen molar-refractivity contribution in [2.75, 3.05) is 47.6 Å². The molecule has 5 atom stereocenters. The zero-order chi connectivity index (χ0) is 41.1. The van der Waals surface area contributed by atoms with Gasteiger partial charge in [0, 0.05) is 38.5 Å². The Balaban J connectivity index is 0.994. The van der Waals surface area contributed by atoms with E-state index in [0.29, 0.717) is 32.7 Å². The van der Waals surface area contributed by atoms with Crippen molar-refractivity contribution >= 4 is 40.9 Å². The minimum Gasteiger partial charge on any atom is -0.453 e. The van der Waals surface area contributed by atoms with Gasteiger partial charge in [-0.1, -0.05) is 62.4 Å². The number of alkyl carbamates (subject to hydrolysis) is 2. The van der Waals surface area contributed by atoms with Crippen molar-refractivity contribution in [3.8, 4) is 11.1 Å². The van der Waals surface area contributed by atoms with Crippen LogP contribution < -0.4 is 10.6 Å². The van der Waals surface area contributed by atoms with Crippen LogP contribution in [0.3, 0.4) is 0 Å². The number of methoxy groups -OCH3 is 3. The molecule has 0 saturated carbocycles. The molecule has 3 fully saturated rings. The van der Waals surface area contributed by atoms with Crippen molar-refractivity contribution in [3.63, 3.8) is 0 Å². The maximum absolute atomic E-state index is 13.9. The predicted molar refractivity (Wildman–Crippen MR) is 221 cm³/mol. The van der Waals surface area contributed by atoms with Crippen LogP contribution >= 0.6 is 0 Å². The summed E-state index contributed by atoms with van der Waals surface area (Å²) >= 11 is 0. The van der Waals surface area contributed by atoms with Gasteiger partial charge in [0.25, 0.3) is 0 Å². The van der Waals surface area contributed by atoms with Gasteiger partial charge in [0.05, 0.1) is 45.6 Å². The van der Waals surface area contributed by atoms with E-state index in [1.54, 1.807) is 6.92 Å². The number of likely N-dealkylation sites (tertiary alicyclic amines) is 2. The first-order chi connectivity index (χ1) is 28.0. The molecule has 0 bridgehead atoms. The number of fused-ring (bicyclic) bond motifs is 1. The van der Waals surface area contributed by atoms with Gasteiger partial charge in [0.15, 0.2) is 0 Å². The van der Waals surface area contributed by atoms with Crippen molar-refractivity contribution in [3.05, 3.63) is 82.6 Å². The van der Waals surface area contributed by atoms with Crippen LogP contribution in [-0.4, -0.2) is 117 Å². The van der Waals surface area contributed by atoms with E-state index in [2.05, 4.69) is 59.2 Å². The Hall–Kier alpha value is -5.27. The number of amides is 4. The molecule has 5 aliphatic rings. The zero-order valence-electron chi connectivity index (χ0n) is 34.3. The topological polar surface area (TPSA) is 148 Å². The van der Waals surface area contributed by atoms with E-state index < -0.39 is 30.4 Å². The van der Waals surface area contributed by atoms with E-state index in [-0.39, 0.29) is 29.8 Å². The quantitative estimate of drug-likeness (QED) is 0.260. The van der Waals surface area contributed by atoms with E-state index in [9.17, 15) is 19.2 Å². The number of carbonyl (C=O) groups excluding carboxylic acids is 4. The third kappa shape index (κ3) is 8.20. The largest absolute Gasteiger partial charge is 0.453 e. The fourth-order valence-corrected chi connectivity index (χ4v) is 9.08. The predicted octanol–water partition coefficient (Wildman–Crippen LogP) is 6.15. The molecule has 0 spiro atoms. The first kappa shape index (κ1) is 40.9. The third-order valence-corrected chi connectivity index (χ3v) is 12.4. The van der Waals surface area contributed by atoms with Gasteiger partial charge in [-0.3, -0.25) is 14.6 Å². The molecule has 58 heavy (non-hydrogen) atoms. The number of hydrogen-bond donors (Lipinski definition) is 2. The minimum absolute atomic E-state index is 0.0795. The molecule has 0 radical (unpaired) electrons. The Kier molecular flexibility index (Phi) is 12.5. The van der Waals surface area contributed by atoms with Gasteiger partial charge in [-0.15, -0.1) is 0 Å². The van der Waals surface area contributed by atoms with E-state index >= 15 is 0 Å². The molecule has 13 nitrogen and oxygen atoms in total. The monoisotopic (exact) mass is 793 g/mol. The summed E-state index contributed by atoms with van der Waals surface area (Å²) in [5.41, 5.74) is 11.4. The number of rotatable bonds is 12. The summed E-state index contributed by atoms with van der Waals surface area (Å²) in [5, 5.41) is 5.41. The Bertz CT molecular complexity index is 2040. The standard InChI is InChI=1S/C45H55N5O8/c1-26(2)40(47-44(53)56-5)42(51)50-20-8-10-39(50)37-21-32(23-46-37)30-13-11-28(12-14-30)29-15-17-31(18-16-29)33-22-34(36-25-58-24-35(33)36)38-9-7-19-49(38)43(52)41(27(3)55-4)48-45(54)57-6/h11-18,23,26-27,38-41H,7-10,19-22,24-25H2,1-6H3,(H,47,53)(H,48,54)/t27-,38-,39+,40+,41+/m1/s1. The fraction of sp³-hybridized carbons (Fsp3) is 0.489. The molecule has 3 saturated heterocycles. The maximum Gasteiger partial charge on any atom is 0.407 e. The molecule has 2 N–H and O–H groups in total. The number of aliphatic imine (C=N–C) groups is 1. The average Bonchev–Trinajstić information content (AvgIpc) is 4.10. The fourth-order valence-electron chi connectivity index (χ4n) is 9.08. The highest BCUT2D eigenvalue weighted by molar-refractivity contribution is 6.04. The second kappa shape index (κ2) is 17.7. The van der Waals surface area contributed by atoms with Crippen molar-refractivity contribution in [2.45, 2.75) is 89.6 Å². The van der Waals surface area contributed by atoms with E-state index in [1.807, 2.05) is 29.8 Å². The van der Waals surface area contributed by atoms with Gasteiger partial charge in [0.1, 0.15) is 12.1 Å². The molecule has 308 valence electrons. The summed E-state index contributed by atoms with van der Waals surface area (Å²) < 4.78 is 21.1. The zero-order valence-corrected chi connectivity index (χ0v) is 34.3. The van der Waals surface area contributed by atoms with Crippen molar-refractivity contribution in [1.29, 1.82) is 0 Å². The summed E-state index contributed by atoms with van der Waals surface area (Å²) in [4.78, 5) is 60.2. The first-order valence-corrected chi connectivity index (χ1v) is 20.3. The van der Waals surface area contributed by atoms with Crippen LogP contribution in [0.2, 0.25) is 0 Å². The Morgan fingerprint density at radius 3 is 1.83 bits per heavy atom. The first-order valence-electron chi connectivity index (χ1n) is 20.3. The van der Waals surface area contributed by atoms with Crippen molar-refractivity contribution in [2.24, 2.45) is 10.9 Å². The number of allylic oxidation sites excluding steroid dienone is 2. The molecule has 4 amide bonds. The van der Waals surface area contributed by atoms with Crippen LogP contribution in [0, 0.1) is 5.92 Å². The smallest absolute Gasteiger partial charge is 0.407 e. The molecule has 4 heterocycles. The highest BCUT2D eigenvalue weighted by Crippen LogP contribution is 2.46. The lowest BCUT2D eigenvalue weighted by atomic mass is 9.94. The summed E-state index contributed by atoms with van der Waals surface area (Å²) in [7, 11) is 4.11. The number of ether oxygens (including phenoxy) is 4. The highest BCUT2D eigenvalue weighted by atomic mass is 16.5.